The Bertz CT molecular complexity index is 816. The van der Waals surface area contributed by atoms with Crippen LogP contribution in [-0.2, 0) is 14.3 Å². The molecule has 0 radical (unpaired) electrons. The van der Waals surface area contributed by atoms with E-state index in [1.165, 1.54) is 0 Å². The number of hydrogen-bond acceptors (Lipinski definition) is 5. The fraction of sp³-hybridized carbons (Fsp3) is 0.364. The second kappa shape index (κ2) is 9.75. The summed E-state index contributed by atoms with van der Waals surface area (Å²) in [5, 5.41) is 2.76. The molecule has 28 heavy (non-hydrogen) atoms. The Morgan fingerprint density at radius 2 is 1.96 bits per heavy atom. The molecule has 0 aromatic heterocycles. The SMILES string of the molecule is Cc1ccc(NC(=O)[C@H](C)OC(=O)c2ccccc2SC[C@@H]2CCCO2)cc1. The van der Waals surface area contributed by atoms with Gasteiger partial charge in [0.25, 0.3) is 5.91 Å². The van der Waals surface area contributed by atoms with Crippen molar-refractivity contribution in [3.8, 4) is 0 Å². The summed E-state index contributed by atoms with van der Waals surface area (Å²) in [6.45, 7) is 4.36. The molecule has 0 aliphatic carbocycles. The predicted octanol–water partition coefficient (Wildman–Crippen LogP) is 4.45. The molecule has 0 saturated carbocycles. The Labute approximate surface area is 169 Å². The van der Waals surface area contributed by atoms with E-state index in [9.17, 15) is 9.59 Å². The highest BCUT2D eigenvalue weighted by atomic mass is 32.2. The van der Waals surface area contributed by atoms with Crippen LogP contribution >= 0.6 is 11.8 Å². The third kappa shape index (κ3) is 5.59. The van der Waals surface area contributed by atoms with Gasteiger partial charge in [0.1, 0.15) is 0 Å². The predicted molar refractivity (Wildman–Crippen MR) is 111 cm³/mol. The lowest BCUT2D eigenvalue weighted by Gasteiger charge is -2.15. The molecule has 2 atom stereocenters. The lowest BCUT2D eigenvalue weighted by Crippen LogP contribution is -2.30. The number of esters is 1. The smallest absolute Gasteiger partial charge is 0.340 e. The Hall–Kier alpha value is -2.31. The summed E-state index contributed by atoms with van der Waals surface area (Å²) in [7, 11) is 0. The normalized spacial score (nSPS) is 17.1. The summed E-state index contributed by atoms with van der Waals surface area (Å²) >= 11 is 1.59. The highest BCUT2D eigenvalue weighted by Crippen LogP contribution is 2.27. The number of benzene rings is 2. The number of carbonyl (C=O) groups excluding carboxylic acids is 2. The summed E-state index contributed by atoms with van der Waals surface area (Å²) in [5.74, 6) is -0.0583. The highest BCUT2D eigenvalue weighted by Gasteiger charge is 2.22. The van der Waals surface area contributed by atoms with Gasteiger partial charge in [0, 0.05) is 22.9 Å². The summed E-state index contributed by atoms with van der Waals surface area (Å²) in [4.78, 5) is 25.8. The number of thioether (sulfide) groups is 1. The molecule has 2 aromatic rings. The topological polar surface area (TPSA) is 64.6 Å². The van der Waals surface area contributed by atoms with Crippen molar-refractivity contribution in [2.24, 2.45) is 0 Å². The Kier molecular flexibility index (Phi) is 7.12. The minimum Gasteiger partial charge on any atom is -0.449 e. The van der Waals surface area contributed by atoms with Gasteiger partial charge in [-0.3, -0.25) is 4.79 Å². The first-order chi connectivity index (χ1) is 13.5. The van der Waals surface area contributed by atoms with E-state index >= 15 is 0 Å². The summed E-state index contributed by atoms with van der Waals surface area (Å²) < 4.78 is 11.1. The van der Waals surface area contributed by atoms with E-state index in [2.05, 4.69) is 5.32 Å². The molecule has 148 valence electrons. The van der Waals surface area contributed by atoms with Crippen LogP contribution in [0.5, 0.6) is 0 Å². The Balaban J connectivity index is 1.58. The van der Waals surface area contributed by atoms with Crippen molar-refractivity contribution in [1.29, 1.82) is 0 Å². The first kappa shape index (κ1) is 20.4. The molecule has 5 nitrogen and oxygen atoms in total. The van der Waals surface area contributed by atoms with Gasteiger partial charge in [-0.25, -0.2) is 4.79 Å². The quantitative estimate of drug-likeness (QED) is 0.550. The van der Waals surface area contributed by atoms with Crippen molar-refractivity contribution in [1.82, 2.24) is 0 Å². The molecule has 1 heterocycles. The molecule has 1 fully saturated rings. The molecule has 1 amide bonds. The minimum absolute atomic E-state index is 0.230. The van der Waals surface area contributed by atoms with Crippen LogP contribution in [0.4, 0.5) is 5.69 Å². The van der Waals surface area contributed by atoms with E-state index in [4.69, 9.17) is 9.47 Å². The summed E-state index contributed by atoms with van der Waals surface area (Å²) in [6, 6.07) is 14.8. The molecular formula is C22H25NO4S. The van der Waals surface area contributed by atoms with E-state index in [1.54, 1.807) is 30.8 Å². The minimum atomic E-state index is -0.898. The number of nitrogens with one attached hydrogen (secondary N) is 1. The number of anilines is 1. The van der Waals surface area contributed by atoms with Crippen molar-refractivity contribution in [3.63, 3.8) is 0 Å². The van der Waals surface area contributed by atoms with Gasteiger partial charge in [-0.15, -0.1) is 11.8 Å². The van der Waals surface area contributed by atoms with Gasteiger partial charge in [0.2, 0.25) is 0 Å². The van der Waals surface area contributed by atoms with Crippen molar-refractivity contribution in [2.45, 2.75) is 43.8 Å². The average molecular weight is 400 g/mol. The number of amides is 1. The Morgan fingerprint density at radius 3 is 2.68 bits per heavy atom. The molecule has 0 spiro atoms. The van der Waals surface area contributed by atoms with E-state index in [0.29, 0.717) is 11.3 Å². The molecule has 1 aliphatic heterocycles. The lowest BCUT2D eigenvalue weighted by molar-refractivity contribution is -0.123. The van der Waals surface area contributed by atoms with E-state index in [-0.39, 0.29) is 12.0 Å². The molecule has 0 unspecified atom stereocenters. The van der Waals surface area contributed by atoms with Gasteiger partial charge in [-0.1, -0.05) is 29.8 Å². The molecular weight excluding hydrogens is 374 g/mol. The number of ether oxygens (including phenoxy) is 2. The van der Waals surface area contributed by atoms with Gasteiger partial charge in [-0.05, 0) is 51.0 Å². The fourth-order valence-corrected chi connectivity index (χ4v) is 3.99. The third-order valence-corrected chi connectivity index (χ3v) is 5.73. The zero-order chi connectivity index (χ0) is 19.9. The zero-order valence-corrected chi connectivity index (χ0v) is 17.0. The first-order valence-corrected chi connectivity index (χ1v) is 10.4. The van der Waals surface area contributed by atoms with Crippen LogP contribution in [0.15, 0.2) is 53.4 Å². The number of rotatable bonds is 7. The van der Waals surface area contributed by atoms with E-state index in [1.807, 2.05) is 43.3 Å². The zero-order valence-electron chi connectivity index (χ0n) is 16.1. The molecule has 0 bridgehead atoms. The van der Waals surface area contributed by atoms with Gasteiger partial charge in [0.15, 0.2) is 6.10 Å². The molecule has 3 rings (SSSR count). The molecule has 6 heteroatoms. The number of hydrogen-bond donors (Lipinski definition) is 1. The third-order valence-electron chi connectivity index (χ3n) is 4.53. The monoisotopic (exact) mass is 399 g/mol. The van der Waals surface area contributed by atoms with Crippen LogP contribution in [0.2, 0.25) is 0 Å². The van der Waals surface area contributed by atoms with Crippen LogP contribution in [0.1, 0.15) is 35.7 Å². The number of carbonyl (C=O) groups is 2. The largest absolute Gasteiger partial charge is 0.449 e. The highest BCUT2D eigenvalue weighted by molar-refractivity contribution is 7.99. The van der Waals surface area contributed by atoms with E-state index < -0.39 is 12.1 Å². The number of aryl methyl sites for hydroxylation is 1. The summed E-state index contributed by atoms with van der Waals surface area (Å²) in [5.41, 5.74) is 2.25. The van der Waals surface area contributed by atoms with Gasteiger partial charge in [-0.2, -0.15) is 0 Å². The maximum absolute atomic E-state index is 12.6. The van der Waals surface area contributed by atoms with E-state index in [0.717, 1.165) is 35.7 Å². The second-order valence-electron chi connectivity index (χ2n) is 6.85. The lowest BCUT2D eigenvalue weighted by atomic mass is 10.2. The first-order valence-electron chi connectivity index (χ1n) is 9.45. The van der Waals surface area contributed by atoms with Gasteiger partial charge in [0.05, 0.1) is 11.7 Å². The van der Waals surface area contributed by atoms with Crippen LogP contribution in [-0.4, -0.2) is 36.4 Å². The molecule has 2 aromatic carbocycles. The second-order valence-corrected chi connectivity index (χ2v) is 7.91. The van der Waals surface area contributed by atoms with Crippen molar-refractivity contribution in [2.75, 3.05) is 17.7 Å². The fourth-order valence-electron chi connectivity index (χ4n) is 2.88. The van der Waals surface area contributed by atoms with Crippen LogP contribution in [0.3, 0.4) is 0 Å². The van der Waals surface area contributed by atoms with Crippen molar-refractivity contribution < 1.29 is 19.1 Å². The average Bonchev–Trinajstić information content (AvgIpc) is 3.22. The van der Waals surface area contributed by atoms with Crippen LogP contribution in [0.25, 0.3) is 0 Å². The van der Waals surface area contributed by atoms with Gasteiger partial charge >= 0.3 is 5.97 Å². The van der Waals surface area contributed by atoms with Crippen LogP contribution < -0.4 is 5.32 Å². The van der Waals surface area contributed by atoms with Crippen LogP contribution in [0, 0.1) is 6.92 Å². The molecule has 1 aliphatic rings. The molecule has 1 N–H and O–H groups in total. The van der Waals surface area contributed by atoms with Gasteiger partial charge < -0.3 is 14.8 Å². The summed E-state index contributed by atoms with van der Waals surface area (Å²) in [6.07, 6.45) is 1.47. The van der Waals surface area contributed by atoms with Crippen molar-refractivity contribution in [3.05, 3.63) is 59.7 Å². The van der Waals surface area contributed by atoms with Crippen molar-refractivity contribution >= 4 is 29.3 Å². The maximum Gasteiger partial charge on any atom is 0.340 e. The standard InChI is InChI=1S/C22H25NO4S/c1-15-9-11-17(12-10-15)23-21(24)16(2)27-22(25)19-7-3-4-8-20(19)28-14-18-6-5-13-26-18/h3-4,7-12,16,18H,5-6,13-14H2,1-2H3,(H,23,24)/t16-,18-/m0/s1. The molecule has 1 saturated heterocycles. The Morgan fingerprint density at radius 1 is 1.21 bits per heavy atom. The maximum atomic E-state index is 12.6.